The highest BCUT2D eigenvalue weighted by atomic mass is 35.5. The van der Waals surface area contributed by atoms with Gasteiger partial charge in [-0.2, -0.15) is 0 Å². The SMILES string of the molecule is CCC1(c2ccc(Cl)cc2)NC(=O)N(CC(=O)Nc2ccc(N3CCCC3)cc2)C1=O. The highest BCUT2D eigenvalue weighted by Crippen LogP contribution is 2.33. The molecule has 0 saturated carbocycles. The summed E-state index contributed by atoms with van der Waals surface area (Å²) in [7, 11) is 0. The van der Waals surface area contributed by atoms with Gasteiger partial charge in [0.25, 0.3) is 5.91 Å². The molecule has 2 aliphatic rings. The molecule has 2 aromatic carbocycles. The monoisotopic (exact) mass is 440 g/mol. The predicted molar refractivity (Wildman–Crippen MR) is 120 cm³/mol. The van der Waals surface area contributed by atoms with E-state index in [-0.39, 0.29) is 6.54 Å². The number of rotatable bonds is 6. The predicted octanol–water partition coefficient (Wildman–Crippen LogP) is 3.74. The minimum Gasteiger partial charge on any atom is -0.372 e. The number of hydrogen-bond donors (Lipinski definition) is 2. The lowest BCUT2D eigenvalue weighted by molar-refractivity contribution is -0.134. The largest absolute Gasteiger partial charge is 0.372 e. The highest BCUT2D eigenvalue weighted by molar-refractivity contribution is 6.30. The number of halogens is 1. The van der Waals surface area contributed by atoms with Gasteiger partial charge in [-0.25, -0.2) is 4.79 Å². The molecule has 0 aromatic heterocycles. The summed E-state index contributed by atoms with van der Waals surface area (Å²) in [6.07, 6.45) is 2.74. The molecule has 0 bridgehead atoms. The van der Waals surface area contributed by atoms with Gasteiger partial charge in [0.1, 0.15) is 12.1 Å². The Kier molecular flexibility index (Phi) is 5.87. The van der Waals surface area contributed by atoms with E-state index in [1.165, 1.54) is 12.8 Å². The molecule has 1 unspecified atom stereocenters. The number of amides is 4. The zero-order chi connectivity index (χ0) is 22.0. The van der Waals surface area contributed by atoms with Crippen LogP contribution in [0.5, 0.6) is 0 Å². The lowest BCUT2D eigenvalue weighted by Gasteiger charge is -2.25. The van der Waals surface area contributed by atoms with Crippen molar-refractivity contribution in [3.63, 3.8) is 0 Å². The van der Waals surface area contributed by atoms with Gasteiger partial charge >= 0.3 is 6.03 Å². The van der Waals surface area contributed by atoms with Gasteiger partial charge in [-0.15, -0.1) is 0 Å². The van der Waals surface area contributed by atoms with Crippen LogP contribution in [0.15, 0.2) is 48.5 Å². The van der Waals surface area contributed by atoms with E-state index in [2.05, 4.69) is 15.5 Å². The van der Waals surface area contributed by atoms with Gasteiger partial charge in [0, 0.05) is 29.5 Å². The van der Waals surface area contributed by atoms with Crippen molar-refractivity contribution in [1.29, 1.82) is 0 Å². The van der Waals surface area contributed by atoms with E-state index in [9.17, 15) is 14.4 Å². The van der Waals surface area contributed by atoms with Crippen molar-refractivity contribution >= 4 is 40.8 Å². The Labute approximate surface area is 186 Å². The van der Waals surface area contributed by atoms with Crippen LogP contribution in [-0.4, -0.2) is 42.4 Å². The van der Waals surface area contributed by atoms with Crippen molar-refractivity contribution in [3.05, 3.63) is 59.1 Å². The molecule has 2 N–H and O–H groups in total. The first-order valence-electron chi connectivity index (χ1n) is 10.5. The fraction of sp³-hybridized carbons (Fsp3) is 0.348. The molecule has 0 radical (unpaired) electrons. The van der Waals surface area contributed by atoms with Crippen molar-refractivity contribution in [1.82, 2.24) is 10.2 Å². The molecule has 7 nitrogen and oxygen atoms in total. The van der Waals surface area contributed by atoms with Crippen LogP contribution in [0.4, 0.5) is 16.2 Å². The molecule has 0 aliphatic carbocycles. The second kappa shape index (κ2) is 8.59. The second-order valence-electron chi connectivity index (χ2n) is 7.88. The Morgan fingerprint density at radius 1 is 1.06 bits per heavy atom. The molecule has 2 aromatic rings. The van der Waals surface area contributed by atoms with Gasteiger partial charge in [-0.05, 0) is 61.2 Å². The lowest BCUT2D eigenvalue weighted by Crippen LogP contribution is -2.44. The minimum atomic E-state index is -1.20. The number of urea groups is 1. The first-order valence-corrected chi connectivity index (χ1v) is 10.9. The molecule has 0 spiro atoms. The van der Waals surface area contributed by atoms with Crippen LogP contribution < -0.4 is 15.5 Å². The topological polar surface area (TPSA) is 81.8 Å². The quantitative estimate of drug-likeness (QED) is 0.670. The first-order chi connectivity index (χ1) is 14.9. The second-order valence-corrected chi connectivity index (χ2v) is 8.31. The van der Waals surface area contributed by atoms with Crippen LogP contribution in [0.3, 0.4) is 0 Å². The fourth-order valence-corrected chi connectivity index (χ4v) is 4.34. The van der Waals surface area contributed by atoms with Crippen LogP contribution in [-0.2, 0) is 15.1 Å². The number of nitrogens with one attached hydrogen (secondary N) is 2. The maximum Gasteiger partial charge on any atom is 0.325 e. The summed E-state index contributed by atoms with van der Waals surface area (Å²) < 4.78 is 0. The zero-order valence-electron chi connectivity index (χ0n) is 17.4. The number of carbonyl (C=O) groups excluding carboxylic acids is 3. The summed E-state index contributed by atoms with van der Waals surface area (Å²) in [5.74, 6) is -0.873. The molecule has 2 saturated heterocycles. The smallest absolute Gasteiger partial charge is 0.325 e. The van der Waals surface area contributed by atoms with Crippen LogP contribution in [0.2, 0.25) is 5.02 Å². The van der Waals surface area contributed by atoms with Gasteiger partial charge in [0.2, 0.25) is 5.91 Å². The third kappa shape index (κ3) is 4.10. The Bertz CT molecular complexity index is 987. The van der Waals surface area contributed by atoms with Crippen molar-refractivity contribution in [2.45, 2.75) is 31.7 Å². The average molecular weight is 441 g/mol. The summed E-state index contributed by atoms with van der Waals surface area (Å²) in [5, 5.41) is 6.08. The van der Waals surface area contributed by atoms with E-state index in [0.717, 1.165) is 23.7 Å². The molecule has 2 aliphatic heterocycles. The van der Waals surface area contributed by atoms with Crippen LogP contribution in [0.25, 0.3) is 0 Å². The normalized spacial score (nSPS) is 20.8. The van der Waals surface area contributed by atoms with E-state index < -0.39 is 23.4 Å². The van der Waals surface area contributed by atoms with Crippen LogP contribution >= 0.6 is 11.6 Å². The molecule has 2 fully saturated rings. The Balaban J connectivity index is 1.43. The van der Waals surface area contributed by atoms with E-state index in [1.54, 1.807) is 24.3 Å². The molecule has 162 valence electrons. The molecule has 8 heteroatoms. The number of carbonyl (C=O) groups is 3. The summed E-state index contributed by atoms with van der Waals surface area (Å²) >= 11 is 5.95. The number of anilines is 2. The molecular formula is C23H25ClN4O3. The van der Waals surface area contributed by atoms with Crippen molar-refractivity contribution in [2.24, 2.45) is 0 Å². The molecule has 31 heavy (non-hydrogen) atoms. The van der Waals surface area contributed by atoms with Gasteiger partial charge in [0.05, 0.1) is 0 Å². The summed E-state index contributed by atoms with van der Waals surface area (Å²) in [6.45, 7) is 3.56. The zero-order valence-corrected chi connectivity index (χ0v) is 18.1. The Morgan fingerprint density at radius 2 is 1.71 bits per heavy atom. The third-order valence-electron chi connectivity index (χ3n) is 5.97. The minimum absolute atomic E-state index is 0.353. The van der Waals surface area contributed by atoms with E-state index in [1.807, 2.05) is 31.2 Å². The maximum atomic E-state index is 13.2. The summed E-state index contributed by atoms with van der Waals surface area (Å²) in [4.78, 5) is 41.6. The van der Waals surface area contributed by atoms with Crippen molar-refractivity contribution in [2.75, 3.05) is 29.9 Å². The number of benzene rings is 2. The van der Waals surface area contributed by atoms with Gasteiger partial charge in [0.15, 0.2) is 0 Å². The Hall–Kier alpha value is -3.06. The lowest BCUT2D eigenvalue weighted by atomic mass is 9.87. The van der Waals surface area contributed by atoms with Crippen molar-refractivity contribution < 1.29 is 14.4 Å². The standard InChI is InChI=1S/C23H25ClN4O3/c1-2-23(16-5-7-17(24)8-6-16)21(30)28(22(31)26-23)15-20(29)25-18-9-11-19(12-10-18)27-13-3-4-14-27/h5-12H,2-4,13-15H2,1H3,(H,25,29)(H,26,31). The first kappa shape index (κ1) is 21.2. The van der Waals surface area contributed by atoms with E-state index in [4.69, 9.17) is 11.6 Å². The highest BCUT2D eigenvalue weighted by Gasteiger charge is 2.51. The van der Waals surface area contributed by atoms with Crippen LogP contribution in [0.1, 0.15) is 31.7 Å². The molecular weight excluding hydrogens is 416 g/mol. The Morgan fingerprint density at radius 3 is 2.32 bits per heavy atom. The fourth-order valence-electron chi connectivity index (χ4n) is 4.22. The molecule has 2 heterocycles. The van der Waals surface area contributed by atoms with Gasteiger partial charge in [-0.1, -0.05) is 30.7 Å². The average Bonchev–Trinajstić information content (AvgIpc) is 3.38. The summed E-state index contributed by atoms with van der Waals surface area (Å²) in [6, 6.07) is 13.8. The van der Waals surface area contributed by atoms with E-state index in [0.29, 0.717) is 22.7 Å². The molecule has 4 amide bonds. The summed E-state index contributed by atoms with van der Waals surface area (Å²) in [5.41, 5.74) is 1.19. The molecule has 4 rings (SSSR count). The number of hydrogen-bond acceptors (Lipinski definition) is 4. The molecule has 1 atom stereocenters. The van der Waals surface area contributed by atoms with E-state index >= 15 is 0 Å². The number of imide groups is 1. The van der Waals surface area contributed by atoms with Gasteiger partial charge < -0.3 is 15.5 Å². The third-order valence-corrected chi connectivity index (χ3v) is 6.22. The van der Waals surface area contributed by atoms with Crippen molar-refractivity contribution in [3.8, 4) is 0 Å². The van der Waals surface area contributed by atoms with Crippen LogP contribution in [0, 0.1) is 0 Å². The maximum absolute atomic E-state index is 13.2. The number of nitrogens with zero attached hydrogens (tertiary/aromatic N) is 2. The van der Waals surface area contributed by atoms with Gasteiger partial charge in [-0.3, -0.25) is 14.5 Å².